The topological polar surface area (TPSA) is 69.4 Å². The van der Waals surface area contributed by atoms with Crippen LogP contribution in [0.5, 0.6) is 5.75 Å². The number of nitro benzene ring substituents is 1. The summed E-state index contributed by atoms with van der Waals surface area (Å²) < 4.78 is 5.57. The van der Waals surface area contributed by atoms with Crippen molar-refractivity contribution in [1.82, 2.24) is 0 Å². The lowest BCUT2D eigenvalue weighted by Gasteiger charge is -2.08. The van der Waals surface area contributed by atoms with Crippen molar-refractivity contribution in [2.24, 2.45) is 0 Å². The molecule has 0 fully saturated rings. The van der Waals surface area contributed by atoms with E-state index in [1.807, 2.05) is 0 Å². The van der Waals surface area contributed by atoms with E-state index >= 15 is 0 Å². The lowest BCUT2D eigenvalue weighted by Crippen LogP contribution is -2.06. The van der Waals surface area contributed by atoms with Crippen molar-refractivity contribution in [3.8, 4) is 5.75 Å². The molecule has 5 nitrogen and oxygen atoms in total. The minimum absolute atomic E-state index is 0.0736. The number of benzene rings is 2. The predicted octanol–water partition coefficient (Wildman–Crippen LogP) is 4.78. The zero-order valence-corrected chi connectivity index (χ0v) is 13.7. The van der Waals surface area contributed by atoms with Crippen LogP contribution in [0, 0.1) is 10.1 Å². The number of ether oxygens (including phenoxy) is 1. The summed E-state index contributed by atoms with van der Waals surface area (Å²) in [6.45, 7) is 2.65. The van der Waals surface area contributed by atoms with E-state index in [1.165, 1.54) is 12.1 Å². The van der Waals surface area contributed by atoms with Crippen molar-refractivity contribution < 1.29 is 14.5 Å². The van der Waals surface area contributed by atoms with Crippen LogP contribution in [0.15, 0.2) is 48.5 Å². The van der Waals surface area contributed by atoms with Gasteiger partial charge < -0.3 is 4.74 Å². The molecule has 0 amide bonds. The Morgan fingerprint density at radius 1 is 1.08 bits per heavy atom. The average molecular weight is 327 g/mol. The van der Waals surface area contributed by atoms with Crippen molar-refractivity contribution in [1.29, 1.82) is 0 Å². The summed E-state index contributed by atoms with van der Waals surface area (Å²) in [5.41, 5.74) is 0.272. The van der Waals surface area contributed by atoms with Crippen molar-refractivity contribution in [3.63, 3.8) is 0 Å². The molecule has 0 spiro atoms. The first-order valence-electron chi connectivity index (χ1n) is 8.14. The van der Waals surface area contributed by atoms with Crippen LogP contribution in [0.25, 0.3) is 0 Å². The van der Waals surface area contributed by atoms with Crippen molar-refractivity contribution in [2.75, 3.05) is 6.61 Å². The van der Waals surface area contributed by atoms with Crippen molar-refractivity contribution in [3.05, 3.63) is 69.8 Å². The minimum atomic E-state index is -0.542. The molecule has 2 rings (SSSR count). The highest BCUT2D eigenvalue weighted by molar-refractivity contribution is 6.11. The van der Waals surface area contributed by atoms with Crippen LogP contribution in [-0.4, -0.2) is 17.3 Å². The summed E-state index contributed by atoms with van der Waals surface area (Å²) in [5, 5.41) is 11.3. The van der Waals surface area contributed by atoms with Crippen LogP contribution >= 0.6 is 0 Å². The summed E-state index contributed by atoms with van der Waals surface area (Å²) in [6.07, 6.45) is 4.27. The predicted molar refractivity (Wildman–Crippen MR) is 92.6 cm³/mol. The first-order valence-corrected chi connectivity index (χ1v) is 8.14. The Kier molecular flexibility index (Phi) is 6.49. The molecule has 0 aliphatic carbocycles. The van der Waals surface area contributed by atoms with Gasteiger partial charge in [-0.1, -0.05) is 56.5 Å². The number of nitro groups is 1. The molecule has 2 aromatic rings. The van der Waals surface area contributed by atoms with Crippen LogP contribution < -0.4 is 4.74 Å². The Bertz CT molecular complexity index is 698. The summed E-state index contributed by atoms with van der Waals surface area (Å²) in [6, 6.07) is 12.9. The average Bonchev–Trinajstić information content (AvgIpc) is 2.61. The fourth-order valence-corrected chi connectivity index (χ4v) is 2.41. The number of carbonyl (C=O) groups is 1. The summed E-state index contributed by atoms with van der Waals surface area (Å²) in [5.74, 6) is 0.0552. The molecule has 0 radical (unpaired) electrons. The summed E-state index contributed by atoms with van der Waals surface area (Å²) in [4.78, 5) is 23.3. The smallest absolute Gasteiger partial charge is 0.284 e. The van der Waals surface area contributed by atoms with Crippen LogP contribution in [-0.2, 0) is 0 Å². The molecule has 2 aromatic carbocycles. The Labute approximate surface area is 141 Å². The van der Waals surface area contributed by atoms with Gasteiger partial charge in [0.1, 0.15) is 11.3 Å². The van der Waals surface area contributed by atoms with Crippen LogP contribution in [0.3, 0.4) is 0 Å². The lowest BCUT2D eigenvalue weighted by molar-refractivity contribution is -0.385. The Balaban J connectivity index is 2.15. The molecule has 24 heavy (non-hydrogen) atoms. The lowest BCUT2D eigenvalue weighted by atomic mass is 10.0. The quantitative estimate of drug-likeness (QED) is 0.287. The van der Waals surface area contributed by atoms with Gasteiger partial charge in [0.25, 0.3) is 5.69 Å². The van der Waals surface area contributed by atoms with E-state index in [9.17, 15) is 14.9 Å². The Morgan fingerprint density at radius 2 is 1.83 bits per heavy atom. The first-order chi connectivity index (χ1) is 11.6. The molecular formula is C19H21NO4. The number of hydrogen-bond acceptors (Lipinski definition) is 4. The summed E-state index contributed by atoms with van der Waals surface area (Å²) >= 11 is 0. The highest BCUT2D eigenvalue weighted by Gasteiger charge is 2.22. The summed E-state index contributed by atoms with van der Waals surface area (Å²) in [7, 11) is 0. The minimum Gasteiger partial charge on any atom is -0.493 e. The molecule has 0 bridgehead atoms. The molecule has 0 aromatic heterocycles. The molecule has 126 valence electrons. The molecule has 0 N–H and O–H groups in total. The van der Waals surface area contributed by atoms with Gasteiger partial charge in [-0.25, -0.2) is 0 Å². The largest absolute Gasteiger partial charge is 0.493 e. The van der Waals surface area contributed by atoms with E-state index in [-0.39, 0.29) is 17.0 Å². The Morgan fingerprint density at radius 3 is 2.50 bits per heavy atom. The van der Waals surface area contributed by atoms with Crippen molar-refractivity contribution >= 4 is 11.5 Å². The Hall–Kier alpha value is -2.69. The van der Waals surface area contributed by atoms with Gasteiger partial charge in [0.05, 0.1) is 17.6 Å². The van der Waals surface area contributed by atoms with Crippen molar-refractivity contribution in [2.45, 2.75) is 32.6 Å². The van der Waals surface area contributed by atoms with E-state index in [2.05, 4.69) is 6.92 Å². The molecular weight excluding hydrogens is 306 g/mol. The normalized spacial score (nSPS) is 10.4. The van der Waals surface area contributed by atoms with Gasteiger partial charge in [0, 0.05) is 5.56 Å². The van der Waals surface area contributed by atoms with Gasteiger partial charge >= 0.3 is 0 Å². The maximum Gasteiger partial charge on any atom is 0.284 e. The number of carbonyl (C=O) groups excluding carboxylic acids is 1. The first kappa shape index (κ1) is 17.7. The van der Waals surface area contributed by atoms with Gasteiger partial charge in [-0.15, -0.1) is 0 Å². The fraction of sp³-hybridized carbons (Fsp3) is 0.316. The third-order valence-electron chi connectivity index (χ3n) is 3.71. The van der Waals surface area contributed by atoms with E-state index in [0.29, 0.717) is 17.9 Å². The van der Waals surface area contributed by atoms with Crippen LogP contribution in [0.4, 0.5) is 5.69 Å². The highest BCUT2D eigenvalue weighted by Crippen LogP contribution is 2.27. The second-order valence-corrected chi connectivity index (χ2v) is 5.54. The molecule has 5 heteroatoms. The molecule has 0 aliphatic rings. The second kappa shape index (κ2) is 8.82. The molecule has 0 saturated heterocycles. The van der Waals surface area contributed by atoms with Gasteiger partial charge in [-0.05, 0) is 18.6 Å². The second-order valence-electron chi connectivity index (χ2n) is 5.54. The molecule has 0 heterocycles. The SMILES string of the molecule is CCCCCCOc1ccc(C(=O)c2ccccc2)c([N+](=O)[O-])c1. The molecule has 0 unspecified atom stereocenters. The number of nitrogens with zero attached hydrogens (tertiary/aromatic N) is 1. The van der Waals surface area contributed by atoms with E-state index < -0.39 is 4.92 Å². The zero-order valence-electron chi connectivity index (χ0n) is 13.7. The monoisotopic (exact) mass is 327 g/mol. The van der Waals surface area contributed by atoms with Crippen LogP contribution in [0.1, 0.15) is 48.5 Å². The van der Waals surface area contributed by atoms with E-state index in [4.69, 9.17) is 4.74 Å². The van der Waals surface area contributed by atoms with Gasteiger partial charge in [-0.3, -0.25) is 14.9 Å². The van der Waals surface area contributed by atoms with Gasteiger partial charge in [0.15, 0.2) is 5.78 Å². The number of ketones is 1. The molecule has 0 atom stereocenters. The standard InChI is InChI=1S/C19H21NO4/c1-2-3-4-8-13-24-16-11-12-17(18(14-16)20(22)23)19(21)15-9-6-5-7-10-15/h5-7,9-12,14H,2-4,8,13H2,1H3. The molecule has 0 saturated carbocycles. The van der Waals surface area contributed by atoms with Gasteiger partial charge in [-0.2, -0.15) is 0 Å². The third kappa shape index (κ3) is 4.65. The fourth-order valence-electron chi connectivity index (χ4n) is 2.41. The van der Waals surface area contributed by atoms with E-state index in [1.54, 1.807) is 36.4 Å². The maximum absolute atomic E-state index is 12.5. The molecule has 0 aliphatic heterocycles. The zero-order chi connectivity index (χ0) is 17.4. The number of rotatable bonds is 9. The third-order valence-corrected chi connectivity index (χ3v) is 3.71. The van der Waals surface area contributed by atoms with Crippen LogP contribution in [0.2, 0.25) is 0 Å². The van der Waals surface area contributed by atoms with Gasteiger partial charge in [0.2, 0.25) is 0 Å². The number of hydrogen-bond donors (Lipinski definition) is 0. The maximum atomic E-state index is 12.5. The van der Waals surface area contributed by atoms with E-state index in [0.717, 1.165) is 25.7 Å². The number of unbranched alkanes of at least 4 members (excludes halogenated alkanes) is 3. The highest BCUT2D eigenvalue weighted by atomic mass is 16.6.